The number of nitrogens with zero attached hydrogens (tertiary/aromatic N) is 1. The lowest BCUT2D eigenvalue weighted by atomic mass is 9.94. The molecule has 8 heteroatoms. The van der Waals surface area contributed by atoms with Crippen molar-refractivity contribution in [3.8, 4) is 5.75 Å². The minimum absolute atomic E-state index is 0. The molecule has 0 heterocycles. The van der Waals surface area contributed by atoms with Gasteiger partial charge >= 0.3 is 0 Å². The lowest BCUT2D eigenvalue weighted by Crippen LogP contribution is -2.40. The summed E-state index contributed by atoms with van der Waals surface area (Å²) in [6, 6.07) is 7.04. The van der Waals surface area contributed by atoms with E-state index in [0.29, 0.717) is 30.1 Å². The highest BCUT2D eigenvalue weighted by molar-refractivity contribution is 14.0. The summed E-state index contributed by atoms with van der Waals surface area (Å²) < 4.78 is 29.6. The minimum atomic E-state index is -2.49. The van der Waals surface area contributed by atoms with Crippen LogP contribution >= 0.6 is 24.0 Å². The van der Waals surface area contributed by atoms with Crippen molar-refractivity contribution in [2.75, 3.05) is 26.3 Å². The summed E-state index contributed by atoms with van der Waals surface area (Å²) in [4.78, 5) is 4.56. The molecule has 1 rings (SSSR count). The second-order valence-electron chi connectivity index (χ2n) is 6.93. The Morgan fingerprint density at radius 1 is 1.25 bits per heavy atom. The molecule has 1 aromatic rings. The third-order valence-corrected chi connectivity index (χ3v) is 3.94. The Morgan fingerprint density at radius 3 is 2.61 bits per heavy atom. The molecule has 0 saturated carbocycles. The molecule has 1 unspecified atom stereocenters. The molecular formula is C20H34F2IN3O2. The average Bonchev–Trinajstić information content (AvgIpc) is 2.62. The van der Waals surface area contributed by atoms with Crippen LogP contribution in [0.15, 0.2) is 29.3 Å². The van der Waals surface area contributed by atoms with Gasteiger partial charge in [-0.1, -0.05) is 26.0 Å². The third-order valence-electron chi connectivity index (χ3n) is 3.94. The van der Waals surface area contributed by atoms with Crippen molar-refractivity contribution in [1.82, 2.24) is 10.6 Å². The summed E-state index contributed by atoms with van der Waals surface area (Å²) in [5.74, 6) is 2.06. The normalized spacial score (nSPS) is 12.6. The minimum Gasteiger partial charge on any atom is -0.488 e. The highest BCUT2D eigenvalue weighted by Gasteiger charge is 2.11. The van der Waals surface area contributed by atoms with Gasteiger partial charge in [0.25, 0.3) is 6.43 Å². The van der Waals surface area contributed by atoms with Crippen LogP contribution in [0, 0.1) is 11.8 Å². The molecule has 0 aliphatic carbocycles. The Balaban J connectivity index is 0.00000729. The number of halogens is 3. The number of rotatable bonds is 12. The highest BCUT2D eigenvalue weighted by atomic mass is 127. The van der Waals surface area contributed by atoms with Crippen molar-refractivity contribution in [3.05, 3.63) is 29.8 Å². The first-order chi connectivity index (χ1) is 12.9. The largest absolute Gasteiger partial charge is 0.488 e. The number of hydrogen-bond donors (Lipinski definition) is 3. The van der Waals surface area contributed by atoms with E-state index in [4.69, 9.17) is 4.74 Å². The molecule has 0 spiro atoms. The first kappa shape index (κ1) is 26.8. The molecule has 28 heavy (non-hydrogen) atoms. The van der Waals surface area contributed by atoms with Crippen LogP contribution in [0.25, 0.3) is 0 Å². The summed E-state index contributed by atoms with van der Waals surface area (Å²) in [6.45, 7) is 7.79. The van der Waals surface area contributed by atoms with Crippen molar-refractivity contribution in [1.29, 1.82) is 0 Å². The number of alkyl halides is 2. The molecular weight excluding hydrogens is 479 g/mol. The molecule has 0 fully saturated rings. The van der Waals surface area contributed by atoms with Gasteiger partial charge in [0.15, 0.2) is 5.96 Å². The number of guanidine groups is 1. The molecule has 3 N–H and O–H groups in total. The van der Waals surface area contributed by atoms with Crippen molar-refractivity contribution < 1.29 is 18.6 Å². The molecule has 5 nitrogen and oxygen atoms in total. The van der Waals surface area contributed by atoms with E-state index in [9.17, 15) is 13.9 Å². The lowest BCUT2D eigenvalue weighted by molar-refractivity contribution is 0.0818. The maximum absolute atomic E-state index is 12.3. The Bertz CT molecular complexity index is 560. The summed E-state index contributed by atoms with van der Waals surface area (Å²) in [5.41, 5.74) is 0.882. The van der Waals surface area contributed by atoms with Crippen LogP contribution in [0.4, 0.5) is 8.78 Å². The predicted octanol–water partition coefficient (Wildman–Crippen LogP) is 4.05. The van der Waals surface area contributed by atoms with E-state index in [0.717, 1.165) is 31.5 Å². The SMILES string of the molecule is CCNC(=NCc1cccc(OCC(F)F)c1)NCC(CCO)CC(C)C.I. The number of ether oxygens (including phenoxy) is 1. The molecule has 0 radical (unpaired) electrons. The summed E-state index contributed by atoms with van der Waals surface area (Å²) in [6.07, 6.45) is -0.696. The van der Waals surface area contributed by atoms with E-state index in [-0.39, 0.29) is 30.6 Å². The fourth-order valence-electron chi connectivity index (χ4n) is 2.80. The Morgan fingerprint density at radius 2 is 2.00 bits per heavy atom. The first-order valence-electron chi connectivity index (χ1n) is 9.57. The summed E-state index contributed by atoms with van der Waals surface area (Å²) in [7, 11) is 0. The van der Waals surface area contributed by atoms with Gasteiger partial charge in [-0.15, -0.1) is 24.0 Å². The van der Waals surface area contributed by atoms with E-state index in [1.165, 1.54) is 0 Å². The third kappa shape index (κ3) is 12.3. The van der Waals surface area contributed by atoms with Crippen molar-refractivity contribution >= 4 is 29.9 Å². The lowest BCUT2D eigenvalue weighted by Gasteiger charge is -2.20. The maximum atomic E-state index is 12.3. The second-order valence-corrected chi connectivity index (χ2v) is 6.93. The molecule has 0 aliphatic rings. The topological polar surface area (TPSA) is 65.9 Å². The van der Waals surface area contributed by atoms with Gasteiger partial charge in [-0.3, -0.25) is 0 Å². The van der Waals surface area contributed by atoms with E-state index in [1.54, 1.807) is 18.2 Å². The van der Waals surface area contributed by atoms with Crippen LogP contribution in [-0.2, 0) is 6.54 Å². The zero-order valence-electron chi connectivity index (χ0n) is 17.0. The van der Waals surface area contributed by atoms with Gasteiger partial charge in [0.1, 0.15) is 12.4 Å². The molecule has 0 bridgehead atoms. The van der Waals surface area contributed by atoms with E-state index in [1.807, 2.05) is 13.0 Å². The van der Waals surface area contributed by atoms with Gasteiger partial charge in [-0.25, -0.2) is 13.8 Å². The number of aliphatic hydroxyl groups excluding tert-OH is 1. The number of hydrogen-bond acceptors (Lipinski definition) is 3. The van der Waals surface area contributed by atoms with Gasteiger partial charge in [0.2, 0.25) is 0 Å². The second kappa shape index (κ2) is 15.7. The number of aliphatic imine (C=N–C) groups is 1. The molecule has 0 aromatic heterocycles. The van der Waals surface area contributed by atoms with Gasteiger partial charge in [0, 0.05) is 19.7 Å². The van der Waals surface area contributed by atoms with Gasteiger partial charge in [-0.05, 0) is 49.3 Å². The standard InChI is InChI=1S/C20H33F2N3O2.HI/c1-4-23-20(25-13-17(8-9-26)10-15(2)3)24-12-16-6-5-7-18(11-16)27-14-19(21)22;/h5-7,11,15,17,19,26H,4,8-10,12-14H2,1-3H3,(H2,23,24,25);1H. The van der Waals surface area contributed by atoms with Crippen LogP contribution in [0.2, 0.25) is 0 Å². The van der Waals surface area contributed by atoms with Crippen molar-refractivity contribution in [2.45, 2.75) is 46.6 Å². The fourth-order valence-corrected chi connectivity index (χ4v) is 2.80. The predicted molar refractivity (Wildman–Crippen MR) is 121 cm³/mol. The Labute approximate surface area is 184 Å². The molecule has 0 aliphatic heterocycles. The van der Waals surface area contributed by atoms with Crippen LogP contribution in [0.5, 0.6) is 5.75 Å². The van der Waals surface area contributed by atoms with Crippen LogP contribution < -0.4 is 15.4 Å². The molecule has 0 saturated heterocycles. The Hall–Kier alpha value is -1.16. The van der Waals surface area contributed by atoms with Crippen molar-refractivity contribution in [3.63, 3.8) is 0 Å². The van der Waals surface area contributed by atoms with E-state index >= 15 is 0 Å². The van der Waals surface area contributed by atoms with Gasteiger partial charge in [-0.2, -0.15) is 0 Å². The number of benzene rings is 1. The molecule has 1 aromatic carbocycles. The number of nitrogens with one attached hydrogen (secondary N) is 2. The molecule has 162 valence electrons. The monoisotopic (exact) mass is 513 g/mol. The average molecular weight is 513 g/mol. The fraction of sp³-hybridized carbons (Fsp3) is 0.650. The smallest absolute Gasteiger partial charge is 0.272 e. The van der Waals surface area contributed by atoms with E-state index < -0.39 is 13.0 Å². The zero-order valence-corrected chi connectivity index (χ0v) is 19.3. The van der Waals surface area contributed by atoms with Gasteiger partial charge in [0.05, 0.1) is 6.54 Å². The summed E-state index contributed by atoms with van der Waals surface area (Å²) in [5, 5.41) is 15.8. The van der Waals surface area contributed by atoms with Crippen LogP contribution in [0.1, 0.15) is 39.2 Å². The van der Waals surface area contributed by atoms with Crippen LogP contribution in [-0.4, -0.2) is 43.8 Å². The first-order valence-corrected chi connectivity index (χ1v) is 9.57. The van der Waals surface area contributed by atoms with E-state index in [2.05, 4.69) is 29.5 Å². The highest BCUT2D eigenvalue weighted by Crippen LogP contribution is 2.16. The van der Waals surface area contributed by atoms with Crippen molar-refractivity contribution in [2.24, 2.45) is 16.8 Å². The summed E-state index contributed by atoms with van der Waals surface area (Å²) >= 11 is 0. The number of aliphatic hydroxyl groups is 1. The Kier molecular flexibility index (Phi) is 15.1. The molecule has 1 atom stereocenters. The van der Waals surface area contributed by atoms with Crippen LogP contribution in [0.3, 0.4) is 0 Å². The van der Waals surface area contributed by atoms with Gasteiger partial charge < -0.3 is 20.5 Å². The quantitative estimate of drug-likeness (QED) is 0.224. The maximum Gasteiger partial charge on any atom is 0.272 e. The molecule has 0 amide bonds. The zero-order chi connectivity index (χ0) is 20.1.